The lowest BCUT2D eigenvalue weighted by Crippen LogP contribution is -2.01. The maximum atomic E-state index is 5.51. The highest BCUT2D eigenvalue weighted by Gasteiger charge is 1.99. The Kier molecular flexibility index (Phi) is 2.77. The Hall–Kier alpha value is -1.69. The molecule has 5 nitrogen and oxygen atoms in total. The zero-order valence-electron chi connectivity index (χ0n) is 8.27. The fraction of sp³-hybridized carbons (Fsp3) is 0.222. The van der Waals surface area contributed by atoms with Crippen molar-refractivity contribution in [2.45, 2.75) is 13.5 Å². The maximum Gasteiger partial charge on any atom is 0.139 e. The second kappa shape index (κ2) is 4.22. The fourth-order valence-corrected chi connectivity index (χ4v) is 1.72. The molecule has 0 amide bonds. The van der Waals surface area contributed by atoms with Crippen LogP contribution in [0.3, 0.4) is 0 Å². The molecule has 0 aliphatic carbocycles. The van der Waals surface area contributed by atoms with E-state index in [2.05, 4.69) is 19.7 Å². The highest BCUT2D eigenvalue weighted by molar-refractivity contribution is 7.10. The number of nitrogens with two attached hydrogens (primary N) is 1. The summed E-state index contributed by atoms with van der Waals surface area (Å²) in [5.74, 6) is 1.32. The number of aromatic nitrogens is 3. The quantitative estimate of drug-likeness (QED) is 0.820. The first-order chi connectivity index (χ1) is 7.24. The molecule has 0 atom stereocenters. The van der Waals surface area contributed by atoms with Crippen LogP contribution in [-0.4, -0.2) is 14.3 Å². The third-order valence-electron chi connectivity index (χ3n) is 1.81. The van der Waals surface area contributed by atoms with Crippen LogP contribution >= 0.6 is 11.5 Å². The van der Waals surface area contributed by atoms with Crippen molar-refractivity contribution in [2.24, 2.45) is 0 Å². The van der Waals surface area contributed by atoms with E-state index in [4.69, 9.17) is 5.73 Å². The first kappa shape index (κ1) is 9.85. The molecule has 2 aromatic rings. The molecule has 0 aliphatic rings. The summed E-state index contributed by atoms with van der Waals surface area (Å²) >= 11 is 1.34. The van der Waals surface area contributed by atoms with Gasteiger partial charge in [-0.15, -0.1) is 0 Å². The molecule has 78 valence electrons. The molecule has 0 unspecified atom stereocenters. The number of rotatable bonds is 3. The average molecular weight is 221 g/mol. The monoisotopic (exact) mass is 221 g/mol. The minimum Gasteiger partial charge on any atom is -0.383 e. The van der Waals surface area contributed by atoms with E-state index in [9.17, 15) is 0 Å². The van der Waals surface area contributed by atoms with Gasteiger partial charge in [0.25, 0.3) is 0 Å². The molecule has 0 bridgehead atoms. The van der Waals surface area contributed by atoms with Gasteiger partial charge in [0.15, 0.2) is 0 Å². The molecule has 6 heteroatoms. The standard InChI is InChI=1S/C9H11N5S/c1-6-11-3-2-7(13-6)5-12-9-4-8(10)14-15-9/h2-4,12H,5H2,1H3,(H2,10,14). The largest absolute Gasteiger partial charge is 0.383 e. The molecule has 0 radical (unpaired) electrons. The molecule has 2 heterocycles. The van der Waals surface area contributed by atoms with Crippen molar-refractivity contribution in [1.29, 1.82) is 0 Å². The van der Waals surface area contributed by atoms with Crippen LogP contribution in [0.2, 0.25) is 0 Å². The van der Waals surface area contributed by atoms with E-state index in [0.717, 1.165) is 16.5 Å². The minimum atomic E-state index is 0.543. The molecule has 0 aliphatic heterocycles. The molecule has 0 fully saturated rings. The molecule has 2 rings (SSSR count). The van der Waals surface area contributed by atoms with Crippen molar-refractivity contribution in [3.05, 3.63) is 29.8 Å². The predicted octanol–water partition coefficient (Wildman–Crippen LogP) is 1.44. The summed E-state index contributed by atoms with van der Waals surface area (Å²) in [5.41, 5.74) is 6.46. The lowest BCUT2D eigenvalue weighted by molar-refractivity contribution is 0.957. The number of hydrogen-bond donors (Lipinski definition) is 2. The summed E-state index contributed by atoms with van der Waals surface area (Å²) in [4.78, 5) is 8.30. The molecule has 15 heavy (non-hydrogen) atoms. The zero-order chi connectivity index (χ0) is 10.7. The molecule has 0 aromatic carbocycles. The highest BCUT2D eigenvalue weighted by atomic mass is 32.1. The van der Waals surface area contributed by atoms with Crippen LogP contribution in [-0.2, 0) is 6.54 Å². The van der Waals surface area contributed by atoms with Crippen molar-refractivity contribution >= 4 is 22.4 Å². The van der Waals surface area contributed by atoms with Crippen molar-refractivity contribution in [1.82, 2.24) is 14.3 Å². The van der Waals surface area contributed by atoms with Crippen molar-refractivity contribution in [3.63, 3.8) is 0 Å². The van der Waals surface area contributed by atoms with E-state index in [-0.39, 0.29) is 0 Å². The Morgan fingerprint density at radius 3 is 3.07 bits per heavy atom. The van der Waals surface area contributed by atoms with Crippen molar-refractivity contribution in [3.8, 4) is 0 Å². The molecular formula is C9H11N5S. The second-order valence-corrected chi connectivity index (χ2v) is 3.87. The minimum absolute atomic E-state index is 0.543. The van der Waals surface area contributed by atoms with Gasteiger partial charge in [0.2, 0.25) is 0 Å². The Labute approximate surface area is 91.5 Å². The van der Waals surface area contributed by atoms with Crippen LogP contribution in [0.1, 0.15) is 11.5 Å². The molecule has 0 saturated heterocycles. The smallest absolute Gasteiger partial charge is 0.139 e. The fourth-order valence-electron chi connectivity index (χ4n) is 1.15. The Morgan fingerprint density at radius 2 is 2.40 bits per heavy atom. The zero-order valence-corrected chi connectivity index (χ0v) is 9.08. The predicted molar refractivity (Wildman–Crippen MR) is 60.6 cm³/mol. The third kappa shape index (κ3) is 2.63. The first-order valence-corrected chi connectivity index (χ1v) is 5.26. The Morgan fingerprint density at radius 1 is 1.53 bits per heavy atom. The number of nitrogens with zero attached hydrogens (tertiary/aromatic N) is 3. The molecule has 3 N–H and O–H groups in total. The summed E-state index contributed by atoms with van der Waals surface area (Å²) in [6, 6.07) is 3.68. The number of anilines is 2. The van der Waals surface area contributed by atoms with Crippen LogP contribution in [0.4, 0.5) is 10.8 Å². The van der Waals surface area contributed by atoms with E-state index >= 15 is 0 Å². The van der Waals surface area contributed by atoms with E-state index < -0.39 is 0 Å². The lowest BCUT2D eigenvalue weighted by Gasteiger charge is -2.02. The van der Waals surface area contributed by atoms with Gasteiger partial charge in [-0.05, 0) is 24.5 Å². The molecular weight excluding hydrogens is 210 g/mol. The third-order valence-corrected chi connectivity index (χ3v) is 2.57. The van der Waals surface area contributed by atoms with Crippen molar-refractivity contribution in [2.75, 3.05) is 11.1 Å². The Bertz CT molecular complexity index is 453. The van der Waals surface area contributed by atoms with Gasteiger partial charge in [0, 0.05) is 12.3 Å². The van der Waals surface area contributed by atoms with Gasteiger partial charge in [0.05, 0.1) is 12.2 Å². The maximum absolute atomic E-state index is 5.51. The van der Waals surface area contributed by atoms with E-state index in [1.165, 1.54) is 11.5 Å². The van der Waals surface area contributed by atoms with E-state index in [1.807, 2.05) is 13.0 Å². The van der Waals surface area contributed by atoms with Crippen LogP contribution in [0, 0.1) is 6.92 Å². The lowest BCUT2D eigenvalue weighted by atomic mass is 10.4. The van der Waals surface area contributed by atoms with Gasteiger partial charge < -0.3 is 11.1 Å². The van der Waals surface area contributed by atoms with E-state index in [0.29, 0.717) is 12.4 Å². The van der Waals surface area contributed by atoms with E-state index in [1.54, 1.807) is 12.3 Å². The number of nitrogen functional groups attached to an aromatic ring is 1. The van der Waals surface area contributed by atoms with Gasteiger partial charge in [0.1, 0.15) is 16.6 Å². The van der Waals surface area contributed by atoms with Gasteiger partial charge >= 0.3 is 0 Å². The summed E-state index contributed by atoms with van der Waals surface area (Å²) in [6.07, 6.45) is 1.75. The first-order valence-electron chi connectivity index (χ1n) is 4.48. The summed E-state index contributed by atoms with van der Waals surface area (Å²) in [6.45, 7) is 2.53. The number of nitrogens with one attached hydrogen (secondary N) is 1. The normalized spacial score (nSPS) is 10.2. The molecule has 2 aromatic heterocycles. The van der Waals surface area contributed by atoms with Crippen molar-refractivity contribution < 1.29 is 0 Å². The van der Waals surface area contributed by atoms with Gasteiger partial charge in [-0.25, -0.2) is 9.97 Å². The number of aryl methyl sites for hydroxylation is 1. The van der Waals surface area contributed by atoms with Gasteiger partial charge in [-0.2, -0.15) is 4.37 Å². The summed E-state index contributed by atoms with van der Waals surface area (Å²) in [5, 5.41) is 4.14. The number of hydrogen-bond acceptors (Lipinski definition) is 6. The van der Waals surface area contributed by atoms with Gasteiger partial charge in [-0.1, -0.05) is 0 Å². The van der Waals surface area contributed by atoms with Crippen LogP contribution < -0.4 is 11.1 Å². The van der Waals surface area contributed by atoms with Crippen LogP contribution in [0.25, 0.3) is 0 Å². The highest BCUT2D eigenvalue weighted by Crippen LogP contribution is 2.17. The van der Waals surface area contributed by atoms with Gasteiger partial charge in [-0.3, -0.25) is 0 Å². The summed E-state index contributed by atoms with van der Waals surface area (Å²) < 4.78 is 3.97. The van der Waals surface area contributed by atoms with Crippen LogP contribution in [0.15, 0.2) is 18.3 Å². The Balaban J connectivity index is 1.99. The summed E-state index contributed by atoms with van der Waals surface area (Å²) in [7, 11) is 0. The molecule has 0 spiro atoms. The topological polar surface area (TPSA) is 76.7 Å². The average Bonchev–Trinajstić information content (AvgIpc) is 2.62. The van der Waals surface area contributed by atoms with Crippen LogP contribution in [0.5, 0.6) is 0 Å². The SMILES string of the molecule is Cc1nccc(CNc2cc(N)ns2)n1. The molecule has 0 saturated carbocycles. The second-order valence-electron chi connectivity index (χ2n) is 3.06.